The van der Waals surface area contributed by atoms with Crippen LogP contribution in [0.4, 0.5) is 0 Å². The Kier molecular flexibility index (Phi) is 8.61. The molecule has 0 aliphatic carbocycles. The van der Waals surface area contributed by atoms with Crippen LogP contribution >= 0.6 is 0 Å². The van der Waals surface area contributed by atoms with Gasteiger partial charge in [0.15, 0.2) is 29.1 Å². The van der Waals surface area contributed by atoms with Gasteiger partial charge in [0.2, 0.25) is 5.75 Å². The molecule has 31 heavy (non-hydrogen) atoms. The molecule has 2 aromatic rings. The first-order valence-electron chi connectivity index (χ1n) is 9.80. The van der Waals surface area contributed by atoms with Crippen LogP contribution in [-0.2, 0) is 16.0 Å². The normalized spacial score (nSPS) is 12.3. The lowest BCUT2D eigenvalue weighted by atomic mass is 10.0. The summed E-state index contributed by atoms with van der Waals surface area (Å²) in [5.41, 5.74) is 1.67. The lowest BCUT2D eigenvalue weighted by molar-refractivity contribution is -0.151. The van der Waals surface area contributed by atoms with Crippen molar-refractivity contribution in [1.29, 1.82) is 0 Å². The molecule has 0 aromatic heterocycles. The Balaban J connectivity index is 2.44. The molecule has 0 spiro atoms. The topological polar surface area (TPSA) is 72.5 Å². The second-order valence-corrected chi connectivity index (χ2v) is 6.79. The summed E-state index contributed by atoms with van der Waals surface area (Å²) in [4.78, 5) is 11.8. The van der Waals surface area contributed by atoms with E-state index in [1.165, 1.54) is 6.92 Å². The van der Waals surface area contributed by atoms with Crippen LogP contribution in [0.25, 0.3) is 0 Å². The Hall–Kier alpha value is -3.35. The smallest absolute Gasteiger partial charge is 0.303 e. The number of methoxy groups -OCH3 is 4. The van der Waals surface area contributed by atoms with E-state index in [9.17, 15) is 4.79 Å². The number of carbonyl (C=O) groups is 1. The third kappa shape index (κ3) is 5.84. The molecular weight excluding hydrogens is 400 g/mol. The van der Waals surface area contributed by atoms with Gasteiger partial charge in [-0.05, 0) is 43.2 Å². The zero-order valence-corrected chi connectivity index (χ0v) is 18.9. The van der Waals surface area contributed by atoms with Crippen molar-refractivity contribution in [2.75, 3.05) is 28.4 Å². The zero-order valence-electron chi connectivity index (χ0n) is 18.9. The molecule has 0 unspecified atom stereocenters. The predicted molar refractivity (Wildman–Crippen MR) is 118 cm³/mol. The van der Waals surface area contributed by atoms with E-state index < -0.39 is 18.2 Å². The lowest BCUT2D eigenvalue weighted by Gasteiger charge is -2.27. The number of hydrogen-bond donors (Lipinski definition) is 0. The first-order valence-corrected chi connectivity index (χ1v) is 9.80. The monoisotopic (exact) mass is 430 g/mol. The molecule has 0 saturated heterocycles. The SMILES string of the molecule is C=CCc1cc(OC)c(O[C@@H](C)[C@H](OC(C)=O)c2ccc(OC)c(OC)c2)c(OC)c1. The third-order valence-electron chi connectivity index (χ3n) is 4.66. The number of ether oxygens (including phenoxy) is 6. The molecule has 0 amide bonds. The van der Waals surface area contributed by atoms with E-state index in [0.29, 0.717) is 40.7 Å². The minimum absolute atomic E-state index is 0.419. The van der Waals surface area contributed by atoms with Crippen molar-refractivity contribution in [3.8, 4) is 28.7 Å². The molecule has 0 saturated carbocycles. The molecule has 0 aliphatic rings. The minimum Gasteiger partial charge on any atom is -0.493 e. The molecule has 2 rings (SSSR count). The molecule has 0 aliphatic heterocycles. The second kappa shape index (κ2) is 11.2. The van der Waals surface area contributed by atoms with Crippen molar-refractivity contribution >= 4 is 5.97 Å². The lowest BCUT2D eigenvalue weighted by Crippen LogP contribution is -2.26. The van der Waals surface area contributed by atoms with E-state index in [2.05, 4.69) is 6.58 Å². The fourth-order valence-corrected chi connectivity index (χ4v) is 3.23. The van der Waals surface area contributed by atoms with Gasteiger partial charge >= 0.3 is 5.97 Å². The van der Waals surface area contributed by atoms with Gasteiger partial charge in [0.05, 0.1) is 28.4 Å². The fraction of sp³-hybridized carbons (Fsp3) is 0.375. The van der Waals surface area contributed by atoms with Gasteiger partial charge in [0.1, 0.15) is 6.10 Å². The molecule has 7 heteroatoms. The Labute approximate surface area is 183 Å². The van der Waals surface area contributed by atoms with Gasteiger partial charge in [-0.15, -0.1) is 6.58 Å². The highest BCUT2D eigenvalue weighted by Crippen LogP contribution is 2.41. The largest absolute Gasteiger partial charge is 0.493 e. The molecule has 0 radical (unpaired) electrons. The Morgan fingerprint density at radius 3 is 2.00 bits per heavy atom. The molecule has 0 fully saturated rings. The summed E-state index contributed by atoms with van der Waals surface area (Å²) < 4.78 is 33.5. The quantitative estimate of drug-likeness (QED) is 0.383. The maximum Gasteiger partial charge on any atom is 0.303 e. The van der Waals surface area contributed by atoms with Crippen LogP contribution in [0, 0.1) is 0 Å². The number of benzene rings is 2. The zero-order chi connectivity index (χ0) is 23.0. The molecule has 168 valence electrons. The highest BCUT2D eigenvalue weighted by Gasteiger charge is 2.28. The van der Waals surface area contributed by atoms with Crippen LogP contribution in [0.15, 0.2) is 43.0 Å². The molecular formula is C24H30O7. The van der Waals surface area contributed by atoms with Crippen molar-refractivity contribution in [2.45, 2.75) is 32.5 Å². The number of rotatable bonds is 11. The number of hydrogen-bond acceptors (Lipinski definition) is 7. The van der Waals surface area contributed by atoms with Gasteiger partial charge in [-0.1, -0.05) is 12.1 Å². The summed E-state index contributed by atoms with van der Waals surface area (Å²) in [5, 5.41) is 0. The van der Waals surface area contributed by atoms with Crippen molar-refractivity contribution in [3.63, 3.8) is 0 Å². The van der Waals surface area contributed by atoms with E-state index in [1.807, 2.05) is 12.1 Å². The van der Waals surface area contributed by atoms with Crippen molar-refractivity contribution in [1.82, 2.24) is 0 Å². The maximum absolute atomic E-state index is 11.8. The summed E-state index contributed by atoms with van der Waals surface area (Å²) in [6.07, 6.45) is 1.17. The van der Waals surface area contributed by atoms with Crippen LogP contribution in [0.1, 0.15) is 31.1 Å². The molecule has 2 aromatic carbocycles. The predicted octanol–water partition coefficient (Wildman–Crippen LogP) is 4.52. The number of carbonyl (C=O) groups excluding carboxylic acids is 1. The molecule has 0 heterocycles. The van der Waals surface area contributed by atoms with Gasteiger partial charge in [-0.25, -0.2) is 0 Å². The first-order chi connectivity index (χ1) is 14.9. The highest BCUT2D eigenvalue weighted by atomic mass is 16.6. The molecule has 7 nitrogen and oxygen atoms in total. The average Bonchev–Trinajstić information content (AvgIpc) is 2.77. The first kappa shape index (κ1) is 23.9. The second-order valence-electron chi connectivity index (χ2n) is 6.79. The molecule has 2 atom stereocenters. The van der Waals surface area contributed by atoms with Gasteiger partial charge < -0.3 is 28.4 Å². The third-order valence-corrected chi connectivity index (χ3v) is 4.66. The highest BCUT2D eigenvalue weighted by molar-refractivity contribution is 5.66. The van der Waals surface area contributed by atoms with Crippen LogP contribution in [-0.4, -0.2) is 40.5 Å². The summed E-state index contributed by atoms with van der Waals surface area (Å²) in [7, 11) is 6.22. The average molecular weight is 430 g/mol. The number of allylic oxidation sites excluding steroid dienone is 1. The van der Waals surface area contributed by atoms with Gasteiger partial charge in [-0.2, -0.15) is 0 Å². The van der Waals surface area contributed by atoms with Crippen LogP contribution in [0.3, 0.4) is 0 Å². The van der Waals surface area contributed by atoms with Gasteiger partial charge in [0, 0.05) is 12.5 Å². The van der Waals surface area contributed by atoms with Crippen LogP contribution < -0.4 is 23.7 Å². The van der Waals surface area contributed by atoms with E-state index in [0.717, 1.165) is 5.56 Å². The van der Waals surface area contributed by atoms with Crippen LogP contribution in [0.2, 0.25) is 0 Å². The van der Waals surface area contributed by atoms with E-state index in [1.54, 1.807) is 59.6 Å². The Bertz CT molecular complexity index is 882. The van der Waals surface area contributed by atoms with Gasteiger partial charge in [-0.3, -0.25) is 4.79 Å². The van der Waals surface area contributed by atoms with Crippen molar-refractivity contribution < 1.29 is 33.2 Å². The molecule has 0 bridgehead atoms. The van der Waals surface area contributed by atoms with E-state index >= 15 is 0 Å². The van der Waals surface area contributed by atoms with E-state index in [-0.39, 0.29) is 0 Å². The minimum atomic E-state index is -0.709. The van der Waals surface area contributed by atoms with Crippen molar-refractivity contribution in [3.05, 3.63) is 54.1 Å². The Morgan fingerprint density at radius 1 is 0.935 bits per heavy atom. The molecule has 0 N–H and O–H groups in total. The van der Waals surface area contributed by atoms with Crippen LogP contribution in [0.5, 0.6) is 28.7 Å². The summed E-state index contributed by atoms with van der Waals surface area (Å²) >= 11 is 0. The summed E-state index contributed by atoms with van der Waals surface area (Å²) in [6.45, 7) is 6.93. The van der Waals surface area contributed by atoms with E-state index in [4.69, 9.17) is 28.4 Å². The van der Waals surface area contributed by atoms with Crippen molar-refractivity contribution in [2.24, 2.45) is 0 Å². The summed E-state index contributed by atoms with van der Waals surface area (Å²) in [5.74, 6) is 2.10. The Morgan fingerprint density at radius 2 is 1.52 bits per heavy atom. The summed E-state index contributed by atoms with van der Waals surface area (Å²) in [6, 6.07) is 9.04. The fourth-order valence-electron chi connectivity index (χ4n) is 3.23. The van der Waals surface area contributed by atoms with Gasteiger partial charge in [0.25, 0.3) is 0 Å². The maximum atomic E-state index is 11.8. The standard InChI is InChI=1S/C24H30O7/c1-8-9-17-12-21(28-6)24(22(13-17)29-7)30-15(2)23(31-16(3)25)18-10-11-19(26-4)20(14-18)27-5/h8,10-15,23H,1,9H2,2-7H3/t15-,23-/m0/s1. The number of esters is 1.